The van der Waals surface area contributed by atoms with Crippen LogP contribution < -0.4 is 0 Å². The van der Waals surface area contributed by atoms with Gasteiger partial charge in [-0.05, 0) is 31.3 Å². The van der Waals surface area contributed by atoms with Gasteiger partial charge in [0.15, 0.2) is 0 Å². The lowest BCUT2D eigenvalue weighted by atomic mass is 10.3. The van der Waals surface area contributed by atoms with Crippen molar-refractivity contribution in [3.05, 3.63) is 48.0 Å². The van der Waals surface area contributed by atoms with Crippen molar-refractivity contribution in [2.45, 2.75) is 13.1 Å². The largest absolute Gasteiger partial charge is 0.364 e. The van der Waals surface area contributed by atoms with Crippen molar-refractivity contribution in [2.75, 3.05) is 7.05 Å². The molecule has 14 heavy (non-hydrogen) atoms. The van der Waals surface area contributed by atoms with Crippen molar-refractivity contribution in [1.82, 2.24) is 14.9 Å². The molecule has 0 aliphatic carbocycles. The lowest BCUT2D eigenvalue weighted by Crippen LogP contribution is -2.17. The minimum Gasteiger partial charge on any atom is -0.364 e. The molecule has 0 aliphatic heterocycles. The van der Waals surface area contributed by atoms with Crippen molar-refractivity contribution in [1.29, 1.82) is 0 Å². The van der Waals surface area contributed by atoms with Crippen LogP contribution in [0.2, 0.25) is 0 Å². The van der Waals surface area contributed by atoms with Gasteiger partial charge in [0.05, 0.1) is 0 Å². The second-order valence-electron chi connectivity index (χ2n) is 3.56. The SMILES string of the molecule is CN(Cc1ccc[nH]1)Cc1ccc[nH]1. The Morgan fingerprint density at radius 3 is 1.86 bits per heavy atom. The van der Waals surface area contributed by atoms with E-state index in [1.807, 2.05) is 24.5 Å². The van der Waals surface area contributed by atoms with E-state index in [1.165, 1.54) is 11.4 Å². The van der Waals surface area contributed by atoms with Gasteiger partial charge in [-0.15, -0.1) is 0 Å². The fraction of sp³-hybridized carbons (Fsp3) is 0.273. The van der Waals surface area contributed by atoms with E-state index in [-0.39, 0.29) is 0 Å². The predicted octanol–water partition coefficient (Wildman–Crippen LogP) is 1.97. The van der Waals surface area contributed by atoms with Gasteiger partial charge >= 0.3 is 0 Å². The first-order chi connectivity index (χ1) is 6.84. The highest BCUT2D eigenvalue weighted by molar-refractivity contribution is 5.05. The van der Waals surface area contributed by atoms with E-state index in [9.17, 15) is 0 Å². The van der Waals surface area contributed by atoms with Crippen LogP contribution in [0.15, 0.2) is 36.7 Å². The number of nitrogens with one attached hydrogen (secondary N) is 2. The van der Waals surface area contributed by atoms with E-state index in [2.05, 4.69) is 34.0 Å². The molecule has 0 saturated carbocycles. The molecular weight excluding hydrogens is 174 g/mol. The minimum absolute atomic E-state index is 0.950. The van der Waals surface area contributed by atoms with E-state index in [4.69, 9.17) is 0 Å². The van der Waals surface area contributed by atoms with Crippen LogP contribution in [-0.4, -0.2) is 21.9 Å². The fourth-order valence-electron chi connectivity index (χ4n) is 1.57. The topological polar surface area (TPSA) is 34.8 Å². The molecule has 2 N–H and O–H groups in total. The highest BCUT2D eigenvalue weighted by Crippen LogP contribution is 2.04. The first-order valence-corrected chi connectivity index (χ1v) is 4.77. The third kappa shape index (κ3) is 2.26. The third-order valence-electron chi connectivity index (χ3n) is 2.21. The maximum absolute atomic E-state index is 3.20. The summed E-state index contributed by atoms with van der Waals surface area (Å²) in [5.41, 5.74) is 2.50. The predicted molar refractivity (Wildman–Crippen MR) is 56.8 cm³/mol. The highest BCUT2D eigenvalue weighted by atomic mass is 15.1. The first-order valence-electron chi connectivity index (χ1n) is 4.77. The quantitative estimate of drug-likeness (QED) is 0.757. The minimum atomic E-state index is 0.950. The van der Waals surface area contributed by atoms with E-state index < -0.39 is 0 Å². The van der Waals surface area contributed by atoms with Crippen molar-refractivity contribution in [3.63, 3.8) is 0 Å². The second-order valence-corrected chi connectivity index (χ2v) is 3.56. The summed E-state index contributed by atoms with van der Waals surface area (Å²) < 4.78 is 0. The Morgan fingerprint density at radius 2 is 1.50 bits per heavy atom. The first kappa shape index (κ1) is 9.09. The van der Waals surface area contributed by atoms with Crippen molar-refractivity contribution in [3.8, 4) is 0 Å². The normalized spacial score (nSPS) is 11.0. The summed E-state index contributed by atoms with van der Waals surface area (Å²) in [5.74, 6) is 0. The van der Waals surface area contributed by atoms with Crippen molar-refractivity contribution >= 4 is 0 Å². The number of nitrogens with zero attached hydrogens (tertiary/aromatic N) is 1. The van der Waals surface area contributed by atoms with Crippen molar-refractivity contribution < 1.29 is 0 Å². The molecule has 0 bridgehead atoms. The molecule has 0 radical (unpaired) electrons. The number of rotatable bonds is 4. The van der Waals surface area contributed by atoms with Gasteiger partial charge in [0.1, 0.15) is 0 Å². The molecule has 2 aromatic heterocycles. The zero-order chi connectivity index (χ0) is 9.80. The average molecular weight is 189 g/mol. The standard InChI is InChI=1S/C11H15N3/c1-14(8-10-4-2-6-12-10)9-11-5-3-7-13-11/h2-7,12-13H,8-9H2,1H3. The van der Waals surface area contributed by atoms with E-state index in [1.54, 1.807) is 0 Å². The van der Waals surface area contributed by atoms with Gasteiger partial charge in [-0.1, -0.05) is 0 Å². The summed E-state index contributed by atoms with van der Waals surface area (Å²) in [5, 5.41) is 0. The highest BCUT2D eigenvalue weighted by Gasteiger charge is 2.01. The van der Waals surface area contributed by atoms with Crippen LogP contribution in [0, 0.1) is 0 Å². The molecule has 3 heteroatoms. The van der Waals surface area contributed by atoms with E-state index >= 15 is 0 Å². The monoisotopic (exact) mass is 189 g/mol. The van der Waals surface area contributed by atoms with Gasteiger partial charge in [-0.25, -0.2) is 0 Å². The van der Waals surface area contributed by atoms with Crippen LogP contribution in [0.25, 0.3) is 0 Å². The fourth-order valence-corrected chi connectivity index (χ4v) is 1.57. The molecule has 0 spiro atoms. The van der Waals surface area contributed by atoms with Gasteiger partial charge in [0, 0.05) is 36.9 Å². The molecule has 74 valence electrons. The van der Waals surface area contributed by atoms with Gasteiger partial charge in [0.2, 0.25) is 0 Å². The summed E-state index contributed by atoms with van der Waals surface area (Å²) in [6, 6.07) is 8.26. The van der Waals surface area contributed by atoms with Gasteiger partial charge in [-0.2, -0.15) is 0 Å². The van der Waals surface area contributed by atoms with Crippen LogP contribution in [0.3, 0.4) is 0 Å². The number of hydrogen-bond donors (Lipinski definition) is 2. The lowest BCUT2D eigenvalue weighted by molar-refractivity contribution is 0.312. The van der Waals surface area contributed by atoms with Gasteiger partial charge < -0.3 is 9.97 Å². The number of aromatic amines is 2. The Hall–Kier alpha value is -1.48. The zero-order valence-corrected chi connectivity index (χ0v) is 8.33. The summed E-state index contributed by atoms with van der Waals surface area (Å²) in [7, 11) is 2.11. The maximum atomic E-state index is 3.20. The van der Waals surface area contributed by atoms with Crippen LogP contribution >= 0.6 is 0 Å². The Labute approximate surface area is 83.8 Å². The maximum Gasteiger partial charge on any atom is 0.0386 e. The van der Waals surface area contributed by atoms with Crippen LogP contribution in [0.4, 0.5) is 0 Å². The molecule has 0 fully saturated rings. The van der Waals surface area contributed by atoms with Gasteiger partial charge in [0.25, 0.3) is 0 Å². The summed E-state index contributed by atoms with van der Waals surface area (Å²) in [6.07, 6.45) is 3.91. The van der Waals surface area contributed by atoms with Crippen LogP contribution in [0.5, 0.6) is 0 Å². The Balaban J connectivity index is 1.88. The number of aromatic nitrogens is 2. The van der Waals surface area contributed by atoms with Crippen LogP contribution in [0.1, 0.15) is 11.4 Å². The Morgan fingerprint density at radius 1 is 1.00 bits per heavy atom. The third-order valence-corrected chi connectivity index (χ3v) is 2.21. The molecule has 0 atom stereocenters. The smallest absolute Gasteiger partial charge is 0.0386 e. The van der Waals surface area contributed by atoms with Crippen LogP contribution in [-0.2, 0) is 13.1 Å². The molecule has 2 aromatic rings. The molecule has 3 nitrogen and oxygen atoms in total. The molecule has 0 saturated heterocycles. The molecule has 0 aliphatic rings. The average Bonchev–Trinajstić information content (AvgIpc) is 2.76. The molecule has 0 unspecified atom stereocenters. The van der Waals surface area contributed by atoms with Gasteiger partial charge in [-0.3, -0.25) is 4.90 Å². The zero-order valence-electron chi connectivity index (χ0n) is 8.33. The summed E-state index contributed by atoms with van der Waals surface area (Å²) in [6.45, 7) is 1.90. The summed E-state index contributed by atoms with van der Waals surface area (Å²) in [4.78, 5) is 8.65. The summed E-state index contributed by atoms with van der Waals surface area (Å²) >= 11 is 0. The molecular formula is C11H15N3. The molecule has 2 rings (SSSR count). The molecule has 0 amide bonds. The molecule has 2 heterocycles. The number of hydrogen-bond acceptors (Lipinski definition) is 1. The second kappa shape index (κ2) is 4.15. The molecule has 0 aromatic carbocycles. The Bertz CT molecular complexity index is 312. The van der Waals surface area contributed by atoms with E-state index in [0.29, 0.717) is 0 Å². The number of H-pyrrole nitrogens is 2. The van der Waals surface area contributed by atoms with Crippen molar-refractivity contribution in [2.24, 2.45) is 0 Å². The lowest BCUT2D eigenvalue weighted by Gasteiger charge is -2.14. The van der Waals surface area contributed by atoms with E-state index in [0.717, 1.165) is 13.1 Å². The Kier molecular flexibility index (Phi) is 2.70.